The Morgan fingerprint density at radius 1 is 0.600 bits per heavy atom. The number of benzene rings is 2. The Bertz CT molecular complexity index is 1000. The van der Waals surface area contributed by atoms with E-state index in [0.717, 1.165) is 30.5 Å². The Morgan fingerprint density at radius 2 is 1.00 bits per heavy atom. The zero-order valence-corrected chi connectivity index (χ0v) is 28.6. The van der Waals surface area contributed by atoms with Gasteiger partial charge in [0.1, 0.15) is 6.42 Å². The van der Waals surface area contributed by atoms with Gasteiger partial charge in [0.25, 0.3) is 0 Å². The SMILES string of the molecule is BrCCCOCc1ccccc1.CCOC(=O)C(CCCOCc1ccccc1)C(=O)OCC.CCOC(=O)CC(=O)OCC. The molecule has 2 aromatic carbocycles. The van der Waals surface area contributed by atoms with E-state index < -0.39 is 29.8 Å². The first-order valence-electron chi connectivity index (χ1n) is 15.3. The van der Waals surface area contributed by atoms with E-state index in [4.69, 9.17) is 18.9 Å². The van der Waals surface area contributed by atoms with Gasteiger partial charge in [0, 0.05) is 18.5 Å². The molecule has 252 valence electrons. The molecule has 10 nitrogen and oxygen atoms in total. The summed E-state index contributed by atoms with van der Waals surface area (Å²) in [4.78, 5) is 44.8. The summed E-state index contributed by atoms with van der Waals surface area (Å²) in [5.41, 5.74) is 2.34. The Morgan fingerprint density at radius 3 is 1.38 bits per heavy atom. The van der Waals surface area contributed by atoms with Gasteiger partial charge in [0.05, 0.1) is 39.6 Å². The highest BCUT2D eigenvalue weighted by Crippen LogP contribution is 2.12. The molecule has 0 aliphatic carbocycles. The van der Waals surface area contributed by atoms with Crippen LogP contribution in [0.15, 0.2) is 60.7 Å². The Labute approximate surface area is 276 Å². The second kappa shape index (κ2) is 29.4. The standard InChI is InChI=1S/C17H24O5.C10H13BrO.C7H12O4/c1-3-21-16(18)15(17(19)22-4-2)11-8-12-20-13-14-9-6-5-7-10-14;11-7-4-8-12-9-10-5-2-1-3-6-10;1-3-10-6(8)5-7(9)11-4-2/h5-7,9-10,15H,3-4,8,11-13H2,1-2H3;1-3,5-6H,4,7-9H2;3-5H2,1-2H3. The van der Waals surface area contributed by atoms with E-state index in [1.807, 2.05) is 48.5 Å². The lowest BCUT2D eigenvalue weighted by atomic mass is 10.0. The van der Waals surface area contributed by atoms with E-state index in [9.17, 15) is 19.2 Å². The van der Waals surface area contributed by atoms with Crippen molar-refractivity contribution in [3.8, 4) is 0 Å². The number of rotatable bonds is 19. The van der Waals surface area contributed by atoms with Gasteiger partial charge in [0.2, 0.25) is 0 Å². The Balaban J connectivity index is 0.000000710. The fraction of sp³-hybridized carbons (Fsp3) is 0.529. The van der Waals surface area contributed by atoms with Crippen LogP contribution in [-0.4, -0.2) is 68.8 Å². The van der Waals surface area contributed by atoms with E-state index in [2.05, 4.69) is 37.5 Å². The lowest BCUT2D eigenvalue weighted by Gasteiger charge is -2.14. The molecule has 0 N–H and O–H groups in total. The van der Waals surface area contributed by atoms with E-state index in [-0.39, 0.29) is 32.8 Å². The van der Waals surface area contributed by atoms with E-state index in [1.54, 1.807) is 27.7 Å². The predicted octanol–water partition coefficient (Wildman–Crippen LogP) is 6.22. The fourth-order valence-corrected chi connectivity index (χ4v) is 3.66. The highest BCUT2D eigenvalue weighted by molar-refractivity contribution is 9.09. The van der Waals surface area contributed by atoms with Gasteiger partial charge in [-0.3, -0.25) is 19.2 Å². The van der Waals surface area contributed by atoms with Crippen LogP contribution in [0.2, 0.25) is 0 Å². The summed E-state index contributed by atoms with van der Waals surface area (Å²) in [5, 5.41) is 1.02. The number of carbonyl (C=O) groups excluding carboxylic acids is 4. The van der Waals surface area contributed by atoms with Gasteiger partial charge in [-0.25, -0.2) is 0 Å². The molecule has 11 heteroatoms. The number of hydrogen-bond acceptors (Lipinski definition) is 10. The van der Waals surface area contributed by atoms with Gasteiger partial charge in [-0.2, -0.15) is 0 Å². The van der Waals surface area contributed by atoms with Gasteiger partial charge in [-0.05, 0) is 58.1 Å². The van der Waals surface area contributed by atoms with Crippen LogP contribution in [0.1, 0.15) is 64.5 Å². The summed E-state index contributed by atoms with van der Waals surface area (Å²) in [6, 6.07) is 20.1. The van der Waals surface area contributed by atoms with Crippen molar-refractivity contribution in [3.05, 3.63) is 71.8 Å². The van der Waals surface area contributed by atoms with Crippen molar-refractivity contribution in [2.24, 2.45) is 5.92 Å². The third-order valence-electron chi connectivity index (χ3n) is 5.47. The number of esters is 4. The van der Waals surface area contributed by atoms with Crippen molar-refractivity contribution < 1.29 is 47.6 Å². The van der Waals surface area contributed by atoms with Gasteiger partial charge in [-0.15, -0.1) is 0 Å². The molecule has 0 spiro atoms. The molecule has 0 unspecified atom stereocenters. The second-order valence-electron chi connectivity index (χ2n) is 9.10. The molecular weight excluding hydrogens is 648 g/mol. The van der Waals surface area contributed by atoms with Gasteiger partial charge >= 0.3 is 23.9 Å². The normalized spacial score (nSPS) is 10.0. The first kappa shape index (κ1) is 41.7. The summed E-state index contributed by atoms with van der Waals surface area (Å²) in [6.45, 7) is 10.4. The van der Waals surface area contributed by atoms with Crippen molar-refractivity contribution in [2.75, 3.05) is 45.0 Å². The van der Waals surface area contributed by atoms with Crippen LogP contribution < -0.4 is 0 Å². The summed E-state index contributed by atoms with van der Waals surface area (Å²) >= 11 is 3.36. The second-order valence-corrected chi connectivity index (χ2v) is 9.90. The van der Waals surface area contributed by atoms with E-state index >= 15 is 0 Å². The number of ether oxygens (including phenoxy) is 6. The van der Waals surface area contributed by atoms with Crippen molar-refractivity contribution in [1.29, 1.82) is 0 Å². The lowest BCUT2D eigenvalue weighted by molar-refractivity contribution is -0.162. The molecule has 45 heavy (non-hydrogen) atoms. The largest absolute Gasteiger partial charge is 0.466 e. The van der Waals surface area contributed by atoms with Crippen LogP contribution in [0.3, 0.4) is 0 Å². The van der Waals surface area contributed by atoms with E-state index in [0.29, 0.717) is 26.1 Å². The van der Waals surface area contributed by atoms with Crippen LogP contribution >= 0.6 is 15.9 Å². The van der Waals surface area contributed by atoms with Crippen molar-refractivity contribution in [1.82, 2.24) is 0 Å². The minimum absolute atomic E-state index is 0.249. The highest BCUT2D eigenvalue weighted by Gasteiger charge is 2.28. The zero-order chi connectivity index (χ0) is 33.5. The Hall–Kier alpha value is -3.28. The molecule has 0 saturated carbocycles. The molecule has 0 heterocycles. The van der Waals surface area contributed by atoms with E-state index in [1.165, 1.54) is 5.56 Å². The third kappa shape index (κ3) is 23.7. The summed E-state index contributed by atoms with van der Waals surface area (Å²) in [5.74, 6) is -2.98. The van der Waals surface area contributed by atoms with Gasteiger partial charge in [0.15, 0.2) is 5.92 Å². The molecule has 0 bridgehead atoms. The van der Waals surface area contributed by atoms with Crippen LogP contribution in [0.5, 0.6) is 0 Å². The van der Waals surface area contributed by atoms with Gasteiger partial charge < -0.3 is 28.4 Å². The Kier molecular flexibility index (Phi) is 27.3. The molecule has 0 aliphatic rings. The van der Waals surface area contributed by atoms with Crippen LogP contribution in [0.4, 0.5) is 0 Å². The zero-order valence-electron chi connectivity index (χ0n) is 27.0. The van der Waals surface area contributed by atoms with Crippen LogP contribution in [0.25, 0.3) is 0 Å². The maximum Gasteiger partial charge on any atom is 0.320 e. The van der Waals surface area contributed by atoms with Crippen LogP contribution in [-0.2, 0) is 60.8 Å². The number of hydrogen-bond donors (Lipinski definition) is 0. The number of alkyl halides is 1. The maximum atomic E-state index is 11.8. The summed E-state index contributed by atoms with van der Waals surface area (Å²) in [7, 11) is 0. The predicted molar refractivity (Wildman–Crippen MR) is 174 cm³/mol. The lowest BCUT2D eigenvalue weighted by Crippen LogP contribution is -2.28. The number of carbonyl (C=O) groups is 4. The molecule has 0 radical (unpaired) electrons. The summed E-state index contributed by atoms with van der Waals surface area (Å²) < 4.78 is 29.8. The van der Waals surface area contributed by atoms with Crippen molar-refractivity contribution >= 4 is 39.8 Å². The smallest absolute Gasteiger partial charge is 0.320 e. The topological polar surface area (TPSA) is 124 Å². The molecule has 2 rings (SSSR count). The molecule has 0 atom stereocenters. The average Bonchev–Trinajstić information content (AvgIpc) is 3.03. The molecular formula is C34H49BrO10. The quantitative estimate of drug-likeness (QED) is 0.0550. The van der Waals surface area contributed by atoms with Crippen molar-refractivity contribution in [2.45, 2.75) is 66.6 Å². The number of halogens is 1. The maximum absolute atomic E-state index is 11.8. The first-order chi connectivity index (χ1) is 21.8. The minimum atomic E-state index is -0.861. The van der Waals surface area contributed by atoms with Crippen molar-refractivity contribution in [3.63, 3.8) is 0 Å². The molecule has 0 aromatic heterocycles. The molecule has 0 saturated heterocycles. The molecule has 2 aromatic rings. The fourth-order valence-electron chi connectivity index (χ4n) is 3.43. The monoisotopic (exact) mass is 696 g/mol. The third-order valence-corrected chi connectivity index (χ3v) is 6.03. The minimum Gasteiger partial charge on any atom is -0.466 e. The molecule has 0 fully saturated rings. The highest BCUT2D eigenvalue weighted by atomic mass is 79.9. The first-order valence-corrected chi connectivity index (χ1v) is 16.4. The molecule has 0 aliphatic heterocycles. The van der Waals surface area contributed by atoms with Crippen LogP contribution in [0, 0.1) is 5.92 Å². The average molecular weight is 698 g/mol. The summed E-state index contributed by atoms with van der Waals surface area (Å²) in [6.07, 6.45) is 1.75. The molecule has 0 amide bonds. The van der Waals surface area contributed by atoms with Gasteiger partial charge in [-0.1, -0.05) is 76.6 Å².